The average Bonchev–Trinajstić information content (AvgIpc) is 2.95. The Kier molecular flexibility index (Phi) is 8.57. The first-order valence-corrected chi connectivity index (χ1v) is 13.9. The van der Waals surface area contributed by atoms with Crippen LogP contribution in [0.5, 0.6) is 5.88 Å². The molecule has 1 N–H and O–H groups in total. The number of pyridine rings is 2. The third kappa shape index (κ3) is 6.82. The van der Waals surface area contributed by atoms with E-state index in [1.165, 1.54) is 24.3 Å². The lowest BCUT2D eigenvalue weighted by Gasteiger charge is -2.31. The fourth-order valence-electron chi connectivity index (χ4n) is 4.59. The zero-order chi connectivity index (χ0) is 27.4. The lowest BCUT2D eigenvalue weighted by molar-refractivity contribution is 0.0238. The molecule has 2 saturated heterocycles. The Morgan fingerprint density at radius 1 is 1.08 bits per heavy atom. The Morgan fingerprint density at radius 2 is 1.82 bits per heavy atom. The summed E-state index contributed by atoms with van der Waals surface area (Å²) in [7, 11) is 0. The molecule has 0 bridgehead atoms. The molecule has 2 aliphatic rings. The molecule has 2 aromatic heterocycles. The van der Waals surface area contributed by atoms with E-state index in [0.717, 1.165) is 71.0 Å². The topological polar surface area (TPSA) is 85.8 Å². The van der Waals surface area contributed by atoms with Gasteiger partial charge in [-0.05, 0) is 31.2 Å². The highest BCUT2D eigenvalue weighted by Crippen LogP contribution is 2.36. The molecule has 1 aromatic carbocycles. The smallest absolute Gasteiger partial charge is 0.321 e. The Bertz CT molecular complexity index is 1330. The standard InChI is InChI=1S/C28H29F2IN4O4/c1-18-24(15-22(17-32-18)34-26(36)19-3-2-4-21(13-19)28(29,30)31)20-14-25(35-7-11-38-12-8-35)27(33-16-20)39-23-5-9-37-10-6-23/h2-4,13-17,23H,5-12H2,1H3,(H,34,36). The van der Waals surface area contributed by atoms with Crippen LogP contribution in [0.2, 0.25) is 0 Å². The van der Waals surface area contributed by atoms with E-state index in [1.807, 2.05) is 19.1 Å². The van der Waals surface area contributed by atoms with Gasteiger partial charge in [-0.1, -0.05) is 12.1 Å². The molecule has 4 heterocycles. The number of anilines is 2. The normalized spacial score (nSPS) is 16.7. The molecule has 0 aliphatic carbocycles. The maximum absolute atomic E-state index is 13.8. The Balaban J connectivity index is 1.42. The number of carbonyl (C=O) groups is 1. The van der Waals surface area contributed by atoms with E-state index >= 15 is 0 Å². The zero-order valence-corrected chi connectivity index (χ0v) is 23.6. The molecule has 206 valence electrons. The summed E-state index contributed by atoms with van der Waals surface area (Å²) in [6, 6.07) is 9.28. The van der Waals surface area contributed by atoms with Crippen LogP contribution in [0.4, 0.5) is 20.2 Å². The number of benzene rings is 1. The minimum Gasteiger partial charge on any atom is -0.473 e. The summed E-state index contributed by atoms with van der Waals surface area (Å²) in [6.07, 6.45) is 4.97. The highest BCUT2D eigenvalue weighted by atomic mass is 127. The maximum Gasteiger partial charge on any atom is 0.321 e. The van der Waals surface area contributed by atoms with Gasteiger partial charge in [0.05, 0.1) is 38.3 Å². The van der Waals surface area contributed by atoms with Crippen molar-refractivity contribution in [1.29, 1.82) is 0 Å². The number of nitrogens with one attached hydrogen (secondary N) is 1. The first-order valence-electron chi connectivity index (χ1n) is 12.8. The SMILES string of the molecule is Cc1ncc(NC(=O)c2cccc(C(F)(F)I)c2)cc1-c1cnc(OC2CCOCC2)c(N2CCOCC2)c1. The van der Waals surface area contributed by atoms with Crippen molar-refractivity contribution >= 4 is 39.9 Å². The van der Waals surface area contributed by atoms with E-state index in [2.05, 4.69) is 15.2 Å². The number of morpholine rings is 1. The number of hydrogen-bond acceptors (Lipinski definition) is 7. The molecular weight excluding hydrogens is 621 g/mol. The van der Waals surface area contributed by atoms with Gasteiger partial charge in [-0.25, -0.2) is 4.98 Å². The van der Waals surface area contributed by atoms with Crippen molar-refractivity contribution in [2.75, 3.05) is 49.7 Å². The number of carbonyl (C=O) groups excluding carboxylic acids is 1. The second kappa shape index (κ2) is 12.1. The minimum atomic E-state index is -3.07. The molecule has 0 saturated carbocycles. The number of ether oxygens (including phenoxy) is 3. The van der Waals surface area contributed by atoms with Crippen LogP contribution in [-0.2, 0) is 13.4 Å². The van der Waals surface area contributed by atoms with E-state index in [0.29, 0.717) is 38.0 Å². The number of halogens is 3. The van der Waals surface area contributed by atoms with Gasteiger partial charge in [0.25, 0.3) is 5.91 Å². The van der Waals surface area contributed by atoms with E-state index in [4.69, 9.17) is 19.2 Å². The molecule has 5 rings (SSSR count). The highest BCUT2D eigenvalue weighted by molar-refractivity contribution is 14.1. The number of rotatable bonds is 7. The third-order valence-corrected chi connectivity index (χ3v) is 7.36. The summed E-state index contributed by atoms with van der Waals surface area (Å²) < 4.78 is 41.8. The Labute approximate surface area is 239 Å². The number of alkyl halides is 3. The second-order valence-corrected chi connectivity index (χ2v) is 10.8. The quantitative estimate of drug-likeness (QED) is 0.264. The zero-order valence-electron chi connectivity index (χ0n) is 21.5. The van der Waals surface area contributed by atoms with E-state index in [-0.39, 0.29) is 17.2 Å². The van der Waals surface area contributed by atoms with Crippen LogP contribution in [-0.4, -0.2) is 61.5 Å². The van der Waals surface area contributed by atoms with E-state index < -0.39 is 9.84 Å². The van der Waals surface area contributed by atoms with Crippen molar-refractivity contribution in [1.82, 2.24) is 9.97 Å². The molecule has 0 unspecified atom stereocenters. The number of hydrogen-bond donors (Lipinski definition) is 1. The molecule has 1 amide bonds. The Hall–Kier alpha value is -2.90. The van der Waals surface area contributed by atoms with Crippen molar-refractivity contribution < 1.29 is 27.8 Å². The van der Waals surface area contributed by atoms with E-state index in [1.54, 1.807) is 12.4 Å². The van der Waals surface area contributed by atoms with Crippen molar-refractivity contribution in [2.24, 2.45) is 0 Å². The summed E-state index contributed by atoms with van der Waals surface area (Å²) >= 11 is 1.05. The molecule has 0 atom stereocenters. The average molecular weight is 650 g/mol. The van der Waals surface area contributed by atoms with Crippen LogP contribution < -0.4 is 15.0 Å². The molecule has 39 heavy (non-hydrogen) atoms. The predicted octanol–water partition coefficient (Wildman–Crippen LogP) is 5.58. The summed E-state index contributed by atoms with van der Waals surface area (Å²) in [5.41, 5.74) is 3.60. The van der Waals surface area contributed by atoms with Gasteiger partial charge in [0, 0.05) is 82.7 Å². The van der Waals surface area contributed by atoms with Gasteiger partial charge in [-0.15, -0.1) is 0 Å². The van der Waals surface area contributed by atoms with Crippen LogP contribution in [0.25, 0.3) is 11.1 Å². The van der Waals surface area contributed by atoms with Crippen LogP contribution in [0.3, 0.4) is 0 Å². The fourth-order valence-corrected chi connectivity index (χ4v) is 4.93. The van der Waals surface area contributed by atoms with Gasteiger partial charge in [-0.2, -0.15) is 8.78 Å². The van der Waals surface area contributed by atoms with Crippen LogP contribution in [0, 0.1) is 6.92 Å². The minimum absolute atomic E-state index is 0.0458. The van der Waals surface area contributed by atoms with Crippen LogP contribution in [0.1, 0.15) is 34.5 Å². The number of aromatic nitrogens is 2. The molecule has 0 radical (unpaired) electrons. The van der Waals surface area contributed by atoms with Crippen molar-refractivity contribution in [3.05, 3.63) is 65.6 Å². The van der Waals surface area contributed by atoms with Crippen molar-refractivity contribution in [3.63, 3.8) is 0 Å². The molecule has 2 aliphatic heterocycles. The van der Waals surface area contributed by atoms with Gasteiger partial charge >= 0.3 is 3.93 Å². The van der Waals surface area contributed by atoms with Gasteiger partial charge < -0.3 is 24.4 Å². The predicted molar refractivity (Wildman–Crippen MR) is 152 cm³/mol. The molecule has 0 spiro atoms. The summed E-state index contributed by atoms with van der Waals surface area (Å²) in [5.74, 6) is 0.0796. The van der Waals surface area contributed by atoms with Crippen LogP contribution >= 0.6 is 22.6 Å². The summed E-state index contributed by atoms with van der Waals surface area (Å²) in [4.78, 5) is 24.3. The van der Waals surface area contributed by atoms with Gasteiger partial charge in [0.1, 0.15) is 11.8 Å². The molecule has 11 heteroatoms. The molecular formula is C28H29F2IN4O4. The first-order chi connectivity index (χ1) is 18.8. The monoisotopic (exact) mass is 650 g/mol. The first kappa shape index (κ1) is 27.7. The lowest BCUT2D eigenvalue weighted by Crippen LogP contribution is -2.37. The highest BCUT2D eigenvalue weighted by Gasteiger charge is 2.27. The summed E-state index contributed by atoms with van der Waals surface area (Å²) in [5, 5.41) is 2.79. The summed E-state index contributed by atoms with van der Waals surface area (Å²) in [6.45, 7) is 5.90. The Morgan fingerprint density at radius 3 is 2.56 bits per heavy atom. The van der Waals surface area contributed by atoms with Crippen molar-refractivity contribution in [2.45, 2.75) is 29.8 Å². The maximum atomic E-state index is 13.8. The van der Waals surface area contributed by atoms with E-state index in [9.17, 15) is 13.6 Å². The number of aryl methyl sites for hydroxylation is 1. The lowest BCUT2D eigenvalue weighted by atomic mass is 10.0. The number of nitrogens with zero attached hydrogens (tertiary/aromatic N) is 3. The van der Waals surface area contributed by atoms with Gasteiger partial charge in [-0.3, -0.25) is 9.78 Å². The van der Waals surface area contributed by atoms with Crippen molar-refractivity contribution in [3.8, 4) is 17.0 Å². The third-order valence-electron chi connectivity index (χ3n) is 6.74. The molecule has 8 nitrogen and oxygen atoms in total. The van der Waals surface area contributed by atoms with Gasteiger partial charge in [0.2, 0.25) is 5.88 Å². The molecule has 3 aromatic rings. The van der Waals surface area contributed by atoms with Crippen LogP contribution in [0.15, 0.2) is 48.8 Å². The second-order valence-electron chi connectivity index (χ2n) is 9.47. The van der Waals surface area contributed by atoms with Gasteiger partial charge in [0.15, 0.2) is 0 Å². The fraction of sp³-hybridized carbons (Fsp3) is 0.393. The largest absolute Gasteiger partial charge is 0.473 e. The molecule has 2 fully saturated rings. The number of amides is 1.